The number of nitrogens with one attached hydrogen (secondary N) is 1. The largest absolute Gasteiger partial charge is 0.496 e. The summed E-state index contributed by atoms with van der Waals surface area (Å²) in [4.78, 5) is 6.84. The smallest absolute Gasteiger partial charge is 0.247 e. The number of hydrogen-bond donors (Lipinski definition) is 1. The van der Waals surface area contributed by atoms with Crippen molar-refractivity contribution in [2.45, 2.75) is 32.2 Å². The average Bonchev–Trinajstić information content (AvgIpc) is 2.90. The van der Waals surface area contributed by atoms with Crippen LogP contribution < -0.4 is 15.0 Å². The third-order valence-electron chi connectivity index (χ3n) is 4.09. The molecule has 1 aliphatic heterocycles. The highest BCUT2D eigenvalue weighted by Crippen LogP contribution is 2.19. The van der Waals surface area contributed by atoms with Crippen molar-refractivity contribution in [2.75, 3.05) is 30.4 Å². The van der Waals surface area contributed by atoms with Crippen LogP contribution in [0.3, 0.4) is 0 Å². The zero-order chi connectivity index (χ0) is 15.9. The van der Waals surface area contributed by atoms with Crippen LogP contribution in [-0.2, 0) is 6.54 Å². The quantitative estimate of drug-likeness (QED) is 0.916. The van der Waals surface area contributed by atoms with Gasteiger partial charge in [0.2, 0.25) is 5.95 Å². The van der Waals surface area contributed by atoms with Crippen LogP contribution in [0.4, 0.5) is 11.8 Å². The zero-order valence-corrected chi connectivity index (χ0v) is 13.5. The minimum Gasteiger partial charge on any atom is -0.496 e. The van der Waals surface area contributed by atoms with Gasteiger partial charge in [-0.05, 0) is 18.9 Å². The predicted octanol–water partition coefficient (Wildman–Crippen LogP) is 2.87. The third kappa shape index (κ3) is 4.09. The Bertz CT molecular complexity index is 626. The number of ether oxygens (including phenoxy) is 1. The van der Waals surface area contributed by atoms with E-state index in [1.54, 1.807) is 13.3 Å². The molecule has 2 aromatic rings. The molecule has 0 saturated carbocycles. The fourth-order valence-electron chi connectivity index (χ4n) is 2.82. The third-order valence-corrected chi connectivity index (χ3v) is 4.09. The van der Waals surface area contributed by atoms with E-state index in [-0.39, 0.29) is 0 Å². The fraction of sp³-hybridized carbons (Fsp3) is 0.471. The van der Waals surface area contributed by atoms with Gasteiger partial charge in [-0.25, -0.2) is 0 Å². The minimum absolute atomic E-state index is 0.641. The molecule has 0 radical (unpaired) electrons. The second-order valence-electron chi connectivity index (χ2n) is 5.71. The zero-order valence-electron chi connectivity index (χ0n) is 13.5. The van der Waals surface area contributed by atoms with Crippen molar-refractivity contribution in [1.29, 1.82) is 0 Å². The van der Waals surface area contributed by atoms with Crippen molar-refractivity contribution in [3.8, 4) is 5.75 Å². The summed E-state index contributed by atoms with van der Waals surface area (Å²) in [7, 11) is 1.68. The van der Waals surface area contributed by atoms with E-state index in [1.807, 2.05) is 24.3 Å². The lowest BCUT2D eigenvalue weighted by Gasteiger charge is -2.19. The first kappa shape index (κ1) is 15.5. The Morgan fingerprint density at radius 3 is 2.70 bits per heavy atom. The first-order valence-corrected chi connectivity index (χ1v) is 8.17. The second-order valence-corrected chi connectivity index (χ2v) is 5.71. The van der Waals surface area contributed by atoms with Gasteiger partial charge in [0, 0.05) is 25.2 Å². The van der Waals surface area contributed by atoms with Crippen molar-refractivity contribution in [1.82, 2.24) is 15.2 Å². The molecule has 1 N–H and O–H groups in total. The molecule has 1 saturated heterocycles. The van der Waals surface area contributed by atoms with Gasteiger partial charge in [0.15, 0.2) is 5.82 Å². The summed E-state index contributed by atoms with van der Waals surface area (Å²) in [5, 5.41) is 11.6. The molecule has 3 rings (SSSR count). The maximum absolute atomic E-state index is 5.37. The van der Waals surface area contributed by atoms with E-state index >= 15 is 0 Å². The van der Waals surface area contributed by atoms with E-state index in [1.165, 1.54) is 25.7 Å². The second kappa shape index (κ2) is 7.76. The van der Waals surface area contributed by atoms with Gasteiger partial charge >= 0.3 is 0 Å². The normalized spacial score (nSPS) is 15.1. The van der Waals surface area contributed by atoms with Crippen LogP contribution in [0, 0.1) is 0 Å². The molecule has 2 heterocycles. The highest BCUT2D eigenvalue weighted by Gasteiger charge is 2.13. The van der Waals surface area contributed by atoms with Gasteiger partial charge in [0.05, 0.1) is 13.3 Å². The van der Waals surface area contributed by atoms with Crippen molar-refractivity contribution < 1.29 is 4.74 Å². The Kier molecular flexibility index (Phi) is 5.24. The van der Waals surface area contributed by atoms with Crippen LogP contribution in [0.1, 0.15) is 31.2 Å². The minimum atomic E-state index is 0.641. The average molecular weight is 313 g/mol. The number of hydrogen-bond acceptors (Lipinski definition) is 6. The summed E-state index contributed by atoms with van der Waals surface area (Å²) < 4.78 is 5.37. The molecular weight excluding hydrogens is 290 g/mol. The number of para-hydroxylation sites is 1. The predicted molar refractivity (Wildman–Crippen MR) is 90.8 cm³/mol. The molecule has 1 aromatic carbocycles. The van der Waals surface area contributed by atoms with Crippen LogP contribution in [0.15, 0.2) is 30.5 Å². The fourth-order valence-corrected chi connectivity index (χ4v) is 2.82. The summed E-state index contributed by atoms with van der Waals surface area (Å²) in [5.74, 6) is 2.33. The molecule has 0 spiro atoms. The first-order valence-electron chi connectivity index (χ1n) is 8.17. The summed E-state index contributed by atoms with van der Waals surface area (Å²) in [6.07, 6.45) is 6.63. The van der Waals surface area contributed by atoms with Gasteiger partial charge in [0.1, 0.15) is 5.75 Å². The number of anilines is 2. The van der Waals surface area contributed by atoms with Crippen molar-refractivity contribution in [3.05, 3.63) is 36.0 Å². The summed E-state index contributed by atoms with van der Waals surface area (Å²) in [5.41, 5.74) is 1.09. The SMILES string of the molecule is COc1ccccc1CNc1cnnc(N2CCCCCC2)n1. The maximum Gasteiger partial charge on any atom is 0.247 e. The Hall–Kier alpha value is -2.37. The highest BCUT2D eigenvalue weighted by molar-refractivity contribution is 5.42. The lowest BCUT2D eigenvalue weighted by Crippen LogP contribution is -2.26. The van der Waals surface area contributed by atoms with E-state index in [2.05, 4.69) is 25.4 Å². The van der Waals surface area contributed by atoms with Crippen LogP contribution in [0.2, 0.25) is 0 Å². The molecule has 0 bridgehead atoms. The maximum atomic E-state index is 5.37. The molecule has 6 nitrogen and oxygen atoms in total. The van der Waals surface area contributed by atoms with Crippen LogP contribution in [0.25, 0.3) is 0 Å². The molecule has 1 aromatic heterocycles. The van der Waals surface area contributed by atoms with Gasteiger partial charge < -0.3 is 15.0 Å². The van der Waals surface area contributed by atoms with E-state index < -0.39 is 0 Å². The Balaban J connectivity index is 1.67. The van der Waals surface area contributed by atoms with Crippen molar-refractivity contribution in [2.24, 2.45) is 0 Å². The summed E-state index contributed by atoms with van der Waals surface area (Å²) >= 11 is 0. The Morgan fingerprint density at radius 1 is 1.13 bits per heavy atom. The molecule has 0 unspecified atom stereocenters. The molecule has 6 heteroatoms. The number of nitrogens with zero attached hydrogens (tertiary/aromatic N) is 4. The van der Waals surface area contributed by atoms with Crippen molar-refractivity contribution in [3.63, 3.8) is 0 Å². The van der Waals surface area contributed by atoms with E-state index in [0.29, 0.717) is 6.54 Å². The number of aromatic nitrogens is 3. The van der Waals surface area contributed by atoms with Gasteiger partial charge in [-0.15, -0.1) is 5.10 Å². The molecule has 122 valence electrons. The van der Waals surface area contributed by atoms with Gasteiger partial charge in [-0.2, -0.15) is 10.1 Å². The molecule has 0 aliphatic carbocycles. The standard InChI is InChI=1S/C17H23N5O/c1-23-15-9-5-4-8-14(15)12-18-16-13-19-21-17(20-16)22-10-6-2-3-7-11-22/h4-5,8-9,13H,2-3,6-7,10-12H2,1H3,(H,18,20,21). The lowest BCUT2D eigenvalue weighted by molar-refractivity contribution is 0.410. The van der Waals surface area contributed by atoms with Gasteiger partial charge in [-0.3, -0.25) is 0 Å². The molecular formula is C17H23N5O. The summed E-state index contributed by atoms with van der Waals surface area (Å²) in [6.45, 7) is 2.66. The van der Waals surface area contributed by atoms with Crippen LogP contribution >= 0.6 is 0 Å². The molecule has 0 atom stereocenters. The van der Waals surface area contributed by atoms with E-state index in [9.17, 15) is 0 Å². The van der Waals surface area contributed by atoms with E-state index in [4.69, 9.17) is 4.74 Å². The van der Waals surface area contributed by atoms with Crippen molar-refractivity contribution >= 4 is 11.8 Å². The first-order chi connectivity index (χ1) is 11.4. The Morgan fingerprint density at radius 2 is 1.91 bits per heavy atom. The topological polar surface area (TPSA) is 63.2 Å². The Labute approximate surface area is 136 Å². The number of benzene rings is 1. The molecule has 1 aliphatic rings. The molecule has 23 heavy (non-hydrogen) atoms. The highest BCUT2D eigenvalue weighted by atomic mass is 16.5. The summed E-state index contributed by atoms with van der Waals surface area (Å²) in [6, 6.07) is 7.96. The van der Waals surface area contributed by atoms with Gasteiger partial charge in [0.25, 0.3) is 0 Å². The van der Waals surface area contributed by atoms with E-state index in [0.717, 1.165) is 36.2 Å². The lowest BCUT2D eigenvalue weighted by atomic mass is 10.2. The van der Waals surface area contributed by atoms with Crippen LogP contribution in [-0.4, -0.2) is 35.4 Å². The number of methoxy groups -OCH3 is 1. The van der Waals surface area contributed by atoms with Crippen LogP contribution in [0.5, 0.6) is 5.75 Å². The molecule has 0 amide bonds. The van der Waals surface area contributed by atoms with Gasteiger partial charge in [-0.1, -0.05) is 31.0 Å². The molecule has 1 fully saturated rings. The monoisotopic (exact) mass is 313 g/mol. The number of rotatable bonds is 5.